The minimum absolute atomic E-state index is 0.580. The van der Waals surface area contributed by atoms with Crippen LogP contribution >= 0.6 is 0 Å². The molecule has 60 heavy (non-hydrogen) atoms. The van der Waals surface area contributed by atoms with E-state index in [-0.39, 0.29) is 0 Å². The van der Waals surface area contributed by atoms with Crippen LogP contribution in [0.5, 0.6) is 0 Å². The number of furan rings is 2. The van der Waals surface area contributed by atoms with Gasteiger partial charge in [0.1, 0.15) is 22.3 Å². The summed E-state index contributed by atoms with van der Waals surface area (Å²) in [4.78, 5) is 15.8. The molecule has 3 aromatic heterocycles. The molecular weight excluding hydrogens is 735 g/mol. The Hall–Kier alpha value is -8.15. The Morgan fingerprint density at radius 1 is 0.267 bits per heavy atom. The summed E-state index contributed by atoms with van der Waals surface area (Å²) in [6, 6.07) is 65.8. The Morgan fingerprint density at radius 3 is 1.72 bits per heavy atom. The first-order valence-electron chi connectivity index (χ1n) is 20.2. The molecule has 0 amide bonds. The predicted octanol–water partition coefficient (Wildman–Crippen LogP) is 15.0. The van der Waals surface area contributed by atoms with Gasteiger partial charge in [0, 0.05) is 38.2 Å². The lowest BCUT2D eigenvalue weighted by atomic mass is 9.99. The zero-order chi connectivity index (χ0) is 39.3. The number of fused-ring (bicyclic) bond motifs is 12. The van der Waals surface area contributed by atoms with E-state index in [1.165, 1.54) is 21.5 Å². The number of para-hydroxylation sites is 1. The third-order valence-electron chi connectivity index (χ3n) is 12.1. The molecule has 10 aromatic carbocycles. The molecule has 0 aliphatic rings. The van der Waals surface area contributed by atoms with Crippen molar-refractivity contribution in [2.75, 3.05) is 0 Å². The van der Waals surface area contributed by atoms with Crippen LogP contribution in [0.2, 0.25) is 0 Å². The van der Waals surface area contributed by atoms with Gasteiger partial charge in [0.05, 0.1) is 0 Å². The number of nitrogens with zero attached hydrogens (tertiary/aromatic N) is 3. The van der Waals surface area contributed by atoms with Crippen LogP contribution in [0.25, 0.3) is 132 Å². The normalized spacial score (nSPS) is 12.0. The van der Waals surface area contributed by atoms with Crippen molar-refractivity contribution in [1.29, 1.82) is 0 Å². The predicted molar refractivity (Wildman–Crippen MR) is 246 cm³/mol. The molecule has 13 aromatic rings. The van der Waals surface area contributed by atoms with Gasteiger partial charge in [-0.2, -0.15) is 0 Å². The molecule has 3 heterocycles. The fourth-order valence-electron chi connectivity index (χ4n) is 9.15. The molecule has 5 nitrogen and oxygen atoms in total. The lowest BCUT2D eigenvalue weighted by molar-refractivity contribution is 0.669. The van der Waals surface area contributed by atoms with Gasteiger partial charge >= 0.3 is 0 Å². The number of benzene rings is 10. The summed E-state index contributed by atoms with van der Waals surface area (Å²) in [5.41, 5.74) is 8.28. The summed E-state index contributed by atoms with van der Waals surface area (Å²) < 4.78 is 12.8. The van der Waals surface area contributed by atoms with Crippen molar-refractivity contribution < 1.29 is 8.83 Å². The molecule has 0 fully saturated rings. The maximum atomic E-state index is 6.61. The van der Waals surface area contributed by atoms with Crippen LogP contribution in [-0.4, -0.2) is 15.0 Å². The molecule has 0 atom stereocenters. The van der Waals surface area contributed by atoms with E-state index in [4.69, 9.17) is 23.8 Å². The van der Waals surface area contributed by atoms with Gasteiger partial charge in [0.25, 0.3) is 0 Å². The van der Waals surface area contributed by atoms with Crippen molar-refractivity contribution >= 4 is 87.0 Å². The van der Waals surface area contributed by atoms with Crippen molar-refractivity contribution in [3.8, 4) is 45.3 Å². The second kappa shape index (κ2) is 12.7. The molecule has 0 radical (unpaired) electrons. The third kappa shape index (κ3) is 5.09. The summed E-state index contributed by atoms with van der Waals surface area (Å²) in [6.07, 6.45) is 0. The highest BCUT2D eigenvalue weighted by atomic mass is 16.3. The maximum absolute atomic E-state index is 6.61. The van der Waals surface area contributed by atoms with Crippen LogP contribution in [0.3, 0.4) is 0 Å². The molecule has 278 valence electrons. The smallest absolute Gasteiger partial charge is 0.164 e. The first-order chi connectivity index (χ1) is 29.7. The fourth-order valence-corrected chi connectivity index (χ4v) is 9.15. The van der Waals surface area contributed by atoms with Gasteiger partial charge in [-0.15, -0.1) is 0 Å². The van der Waals surface area contributed by atoms with Gasteiger partial charge in [-0.1, -0.05) is 140 Å². The standard InChI is InChI=1S/C55H31N3O2/c1-2-10-35-28-36(20-16-32(35)8-1)37-22-26-44-50(31-37)60-48-15-7-13-45(52(44)48)55-57-53(39-23-25-42-38(29-39)24-27-49-51(42)43-12-5-6-14-47(43)59-49)56-54(58-55)40-21-19-34-18-17-33-9-3-4-11-41(33)46(34)30-40/h1-31H. The lowest BCUT2D eigenvalue weighted by Gasteiger charge is -2.11. The first kappa shape index (κ1) is 32.9. The highest BCUT2D eigenvalue weighted by Gasteiger charge is 2.20. The summed E-state index contributed by atoms with van der Waals surface area (Å²) in [5.74, 6) is 1.77. The summed E-state index contributed by atoms with van der Waals surface area (Å²) >= 11 is 0. The van der Waals surface area contributed by atoms with Crippen molar-refractivity contribution in [1.82, 2.24) is 15.0 Å². The lowest BCUT2D eigenvalue weighted by Crippen LogP contribution is -2.00. The van der Waals surface area contributed by atoms with E-state index < -0.39 is 0 Å². The Kier molecular flexibility index (Phi) is 6.95. The Labute approximate surface area is 342 Å². The minimum Gasteiger partial charge on any atom is -0.456 e. The molecule has 0 unspecified atom stereocenters. The topological polar surface area (TPSA) is 65.0 Å². The average molecular weight is 766 g/mol. The van der Waals surface area contributed by atoms with Crippen LogP contribution in [0.1, 0.15) is 0 Å². The largest absolute Gasteiger partial charge is 0.456 e. The summed E-state index contributed by atoms with van der Waals surface area (Å²) in [5, 5.41) is 13.5. The number of rotatable bonds is 4. The van der Waals surface area contributed by atoms with Crippen LogP contribution in [-0.2, 0) is 0 Å². The fraction of sp³-hybridized carbons (Fsp3) is 0. The van der Waals surface area contributed by atoms with Gasteiger partial charge in [0.2, 0.25) is 0 Å². The molecule has 0 saturated heterocycles. The molecule has 0 spiro atoms. The van der Waals surface area contributed by atoms with E-state index in [9.17, 15) is 0 Å². The molecule has 0 bridgehead atoms. The van der Waals surface area contributed by atoms with E-state index in [1.54, 1.807) is 0 Å². The van der Waals surface area contributed by atoms with Crippen molar-refractivity contribution in [3.63, 3.8) is 0 Å². The van der Waals surface area contributed by atoms with Crippen LogP contribution in [0, 0.1) is 0 Å². The second-order valence-corrected chi connectivity index (χ2v) is 15.6. The summed E-state index contributed by atoms with van der Waals surface area (Å²) in [6.45, 7) is 0. The Balaban J connectivity index is 1.01. The zero-order valence-electron chi connectivity index (χ0n) is 32.1. The summed E-state index contributed by atoms with van der Waals surface area (Å²) in [7, 11) is 0. The van der Waals surface area contributed by atoms with Gasteiger partial charge in [-0.25, -0.2) is 15.0 Å². The first-order valence-corrected chi connectivity index (χ1v) is 20.2. The van der Waals surface area contributed by atoms with Crippen molar-refractivity contribution in [2.24, 2.45) is 0 Å². The van der Waals surface area contributed by atoms with E-state index in [1.807, 2.05) is 24.3 Å². The molecule has 0 N–H and O–H groups in total. The van der Waals surface area contributed by atoms with Gasteiger partial charge in [-0.05, 0) is 103 Å². The SMILES string of the molecule is c1ccc2cc(-c3ccc4c(c3)oc3cccc(-c5nc(-c6ccc7c(ccc8oc9ccccc9c87)c6)nc(-c6ccc7ccc8ccccc8c7c6)n5)c34)ccc2c1. The Bertz CT molecular complexity index is 3910. The zero-order valence-corrected chi connectivity index (χ0v) is 32.1. The van der Waals surface area contributed by atoms with E-state index in [0.717, 1.165) is 93.2 Å². The molecule has 0 aliphatic heterocycles. The molecule has 0 aliphatic carbocycles. The van der Waals surface area contributed by atoms with E-state index in [0.29, 0.717) is 17.5 Å². The van der Waals surface area contributed by atoms with E-state index >= 15 is 0 Å². The van der Waals surface area contributed by atoms with Crippen molar-refractivity contribution in [3.05, 3.63) is 188 Å². The monoisotopic (exact) mass is 765 g/mol. The molecule has 13 rings (SSSR count). The average Bonchev–Trinajstić information content (AvgIpc) is 3.89. The second-order valence-electron chi connectivity index (χ2n) is 15.6. The third-order valence-corrected chi connectivity index (χ3v) is 12.1. The highest BCUT2D eigenvalue weighted by molar-refractivity contribution is 6.19. The maximum Gasteiger partial charge on any atom is 0.164 e. The highest BCUT2D eigenvalue weighted by Crippen LogP contribution is 2.40. The molecular formula is C55H31N3O2. The van der Waals surface area contributed by atoms with Crippen LogP contribution < -0.4 is 0 Å². The number of hydrogen-bond donors (Lipinski definition) is 0. The number of aromatic nitrogens is 3. The van der Waals surface area contributed by atoms with Crippen molar-refractivity contribution in [2.45, 2.75) is 0 Å². The van der Waals surface area contributed by atoms with Gasteiger partial charge in [0.15, 0.2) is 17.5 Å². The Morgan fingerprint density at radius 2 is 0.817 bits per heavy atom. The number of hydrogen-bond acceptors (Lipinski definition) is 5. The quantitative estimate of drug-likeness (QED) is 0.167. The molecule has 5 heteroatoms. The minimum atomic E-state index is 0.580. The van der Waals surface area contributed by atoms with Gasteiger partial charge in [-0.3, -0.25) is 0 Å². The van der Waals surface area contributed by atoms with Crippen LogP contribution in [0.15, 0.2) is 197 Å². The van der Waals surface area contributed by atoms with Gasteiger partial charge < -0.3 is 8.83 Å². The molecule has 0 saturated carbocycles. The van der Waals surface area contributed by atoms with Crippen LogP contribution in [0.4, 0.5) is 0 Å². The van der Waals surface area contributed by atoms with E-state index in [2.05, 4.69) is 164 Å².